The van der Waals surface area contributed by atoms with E-state index in [9.17, 15) is 25.2 Å². The molecule has 6 atom stereocenters. The SMILES string of the molecule is Cc1cccc(C2c3cccc(c3C)C2C(=O)[C@H](O)[C@@H](O)[C@H](O)[C@H](O)CO)c1. The number of Topliss-reactive ketones (excluding diaryl/α,β-unsaturated/α-hetero) is 1. The van der Waals surface area contributed by atoms with Crippen LogP contribution in [0.5, 0.6) is 0 Å². The molecule has 0 aliphatic heterocycles. The third-order valence-electron chi connectivity index (χ3n) is 5.68. The van der Waals surface area contributed by atoms with Crippen molar-refractivity contribution in [2.45, 2.75) is 50.1 Å². The summed E-state index contributed by atoms with van der Waals surface area (Å²) in [6.45, 7) is 3.09. The van der Waals surface area contributed by atoms with Crippen molar-refractivity contribution < 1.29 is 30.3 Å². The molecular formula is C22H26O6. The van der Waals surface area contributed by atoms with Crippen LogP contribution in [-0.2, 0) is 4.79 Å². The second-order valence-corrected chi connectivity index (χ2v) is 7.51. The van der Waals surface area contributed by atoms with Gasteiger partial charge >= 0.3 is 0 Å². The Bertz CT molecular complexity index is 864. The molecule has 0 amide bonds. The summed E-state index contributed by atoms with van der Waals surface area (Å²) in [5.41, 5.74) is 4.70. The second kappa shape index (κ2) is 8.11. The average Bonchev–Trinajstić information content (AvgIpc) is 2.84. The normalized spacial score (nSPS) is 22.5. The topological polar surface area (TPSA) is 118 Å². The molecule has 1 aliphatic rings. The van der Waals surface area contributed by atoms with Crippen LogP contribution in [0.1, 0.15) is 39.7 Å². The van der Waals surface area contributed by atoms with Gasteiger partial charge in [-0.15, -0.1) is 0 Å². The number of ketones is 1. The molecule has 0 saturated carbocycles. The number of rotatable bonds is 7. The molecule has 0 radical (unpaired) electrons. The fourth-order valence-electron chi connectivity index (χ4n) is 4.13. The first-order valence-corrected chi connectivity index (χ1v) is 9.30. The Hall–Kier alpha value is -2.09. The van der Waals surface area contributed by atoms with Crippen molar-refractivity contribution in [1.29, 1.82) is 0 Å². The first-order valence-electron chi connectivity index (χ1n) is 9.30. The van der Waals surface area contributed by atoms with Gasteiger partial charge in [0.15, 0.2) is 5.78 Å². The van der Waals surface area contributed by atoms with Crippen LogP contribution in [0, 0.1) is 13.8 Å². The summed E-state index contributed by atoms with van der Waals surface area (Å²) in [7, 11) is 0. The highest BCUT2D eigenvalue weighted by molar-refractivity contribution is 5.93. The summed E-state index contributed by atoms with van der Waals surface area (Å²) >= 11 is 0. The van der Waals surface area contributed by atoms with Gasteiger partial charge in [0, 0.05) is 5.92 Å². The Balaban J connectivity index is 1.97. The minimum absolute atomic E-state index is 0.306. The quantitative estimate of drug-likeness (QED) is 0.474. The van der Waals surface area contributed by atoms with E-state index in [0.29, 0.717) is 0 Å². The van der Waals surface area contributed by atoms with E-state index in [2.05, 4.69) is 0 Å². The van der Waals surface area contributed by atoms with E-state index in [1.54, 1.807) is 0 Å². The first-order chi connectivity index (χ1) is 13.3. The molecular weight excluding hydrogens is 360 g/mol. The molecule has 5 N–H and O–H groups in total. The molecule has 0 aromatic heterocycles. The summed E-state index contributed by atoms with van der Waals surface area (Å²) in [6.07, 6.45) is -7.31. The first kappa shape index (κ1) is 20.6. The van der Waals surface area contributed by atoms with Crippen molar-refractivity contribution in [3.63, 3.8) is 0 Å². The largest absolute Gasteiger partial charge is 0.394 e. The number of carbonyl (C=O) groups excluding carboxylic acids is 1. The highest BCUT2D eigenvalue weighted by Gasteiger charge is 2.45. The van der Waals surface area contributed by atoms with E-state index < -0.39 is 42.7 Å². The highest BCUT2D eigenvalue weighted by Crippen LogP contribution is 2.48. The van der Waals surface area contributed by atoms with Crippen LogP contribution in [0.15, 0.2) is 42.5 Å². The van der Waals surface area contributed by atoms with E-state index in [4.69, 9.17) is 5.11 Å². The van der Waals surface area contributed by atoms with Crippen molar-refractivity contribution in [3.8, 4) is 0 Å². The molecule has 0 spiro atoms. The van der Waals surface area contributed by atoms with Crippen molar-refractivity contribution in [1.82, 2.24) is 0 Å². The van der Waals surface area contributed by atoms with E-state index in [0.717, 1.165) is 27.8 Å². The molecule has 28 heavy (non-hydrogen) atoms. The molecule has 2 aromatic rings. The molecule has 2 unspecified atom stereocenters. The van der Waals surface area contributed by atoms with Gasteiger partial charge in [-0.3, -0.25) is 4.79 Å². The predicted octanol–water partition coefficient (Wildman–Crippen LogP) is 0.538. The molecule has 2 aromatic carbocycles. The number of benzene rings is 2. The van der Waals surface area contributed by atoms with Gasteiger partial charge in [0.1, 0.15) is 24.4 Å². The maximum atomic E-state index is 13.2. The number of aryl methyl sites for hydroxylation is 1. The van der Waals surface area contributed by atoms with E-state index in [1.165, 1.54) is 0 Å². The molecule has 150 valence electrons. The lowest BCUT2D eigenvalue weighted by Gasteiger charge is -2.28. The lowest BCUT2D eigenvalue weighted by Crippen LogP contribution is -2.49. The van der Waals surface area contributed by atoms with Gasteiger partial charge in [0.05, 0.1) is 12.5 Å². The zero-order valence-corrected chi connectivity index (χ0v) is 15.9. The van der Waals surface area contributed by atoms with Gasteiger partial charge < -0.3 is 25.5 Å². The number of hydrogen-bond acceptors (Lipinski definition) is 6. The van der Waals surface area contributed by atoms with Crippen LogP contribution in [0.25, 0.3) is 0 Å². The molecule has 6 heteroatoms. The highest BCUT2D eigenvalue weighted by atomic mass is 16.4. The summed E-state index contributed by atoms with van der Waals surface area (Å²) in [4.78, 5) is 13.2. The van der Waals surface area contributed by atoms with Crippen LogP contribution in [0.4, 0.5) is 0 Å². The predicted molar refractivity (Wildman–Crippen MR) is 103 cm³/mol. The van der Waals surface area contributed by atoms with Crippen LogP contribution in [0.3, 0.4) is 0 Å². The second-order valence-electron chi connectivity index (χ2n) is 7.51. The zero-order valence-electron chi connectivity index (χ0n) is 15.9. The van der Waals surface area contributed by atoms with Gasteiger partial charge in [0.2, 0.25) is 0 Å². The van der Waals surface area contributed by atoms with Gasteiger partial charge in [-0.05, 0) is 36.1 Å². The van der Waals surface area contributed by atoms with Crippen molar-refractivity contribution >= 4 is 5.78 Å². The van der Waals surface area contributed by atoms with Crippen molar-refractivity contribution in [3.05, 3.63) is 70.3 Å². The molecule has 6 nitrogen and oxygen atoms in total. The van der Waals surface area contributed by atoms with Crippen LogP contribution in [-0.4, -0.2) is 62.3 Å². The maximum Gasteiger partial charge on any atom is 0.172 e. The number of carbonyl (C=O) groups is 1. The number of aliphatic hydroxyl groups is 5. The van der Waals surface area contributed by atoms with Gasteiger partial charge in [0.25, 0.3) is 0 Å². The Morgan fingerprint density at radius 2 is 1.61 bits per heavy atom. The molecule has 0 heterocycles. The van der Waals surface area contributed by atoms with Gasteiger partial charge in [-0.1, -0.05) is 48.0 Å². The third kappa shape index (κ3) is 3.50. The average molecular weight is 386 g/mol. The summed E-state index contributed by atoms with van der Waals surface area (Å²) in [6, 6.07) is 13.4. The Morgan fingerprint density at radius 3 is 2.25 bits per heavy atom. The number of fused-ring (bicyclic) bond motifs is 2. The minimum Gasteiger partial charge on any atom is -0.394 e. The minimum atomic E-state index is -1.91. The van der Waals surface area contributed by atoms with E-state index in [-0.39, 0.29) is 5.92 Å². The summed E-state index contributed by atoms with van der Waals surface area (Å²) in [5.74, 6) is -1.65. The van der Waals surface area contributed by atoms with Crippen molar-refractivity contribution in [2.75, 3.05) is 6.61 Å². The third-order valence-corrected chi connectivity index (χ3v) is 5.68. The van der Waals surface area contributed by atoms with Crippen molar-refractivity contribution in [2.24, 2.45) is 0 Å². The standard InChI is InChI=1S/C22H26O6/c1-11-5-3-6-13(9-11)17-14-7-4-8-15(12(14)2)18(17)20(26)22(28)21(27)19(25)16(24)10-23/h3-9,16-19,21-25,27-28H,10H2,1-2H3/t16-,17?,18?,19-,21+,22+/m1/s1. The monoisotopic (exact) mass is 386 g/mol. The van der Waals surface area contributed by atoms with Crippen LogP contribution >= 0.6 is 0 Å². The number of hydrogen-bond donors (Lipinski definition) is 5. The lowest BCUT2D eigenvalue weighted by atomic mass is 9.79. The summed E-state index contributed by atoms with van der Waals surface area (Å²) < 4.78 is 0. The molecule has 1 aliphatic carbocycles. The van der Waals surface area contributed by atoms with Crippen LogP contribution in [0.2, 0.25) is 0 Å². The van der Waals surface area contributed by atoms with Gasteiger partial charge in [-0.2, -0.15) is 0 Å². The maximum absolute atomic E-state index is 13.2. The van der Waals surface area contributed by atoms with Gasteiger partial charge in [-0.25, -0.2) is 0 Å². The smallest absolute Gasteiger partial charge is 0.172 e. The Morgan fingerprint density at radius 1 is 0.964 bits per heavy atom. The fraction of sp³-hybridized carbons (Fsp3) is 0.409. The summed E-state index contributed by atoms with van der Waals surface area (Å²) in [5, 5.41) is 49.0. The number of aliphatic hydroxyl groups excluding tert-OH is 5. The fourth-order valence-corrected chi connectivity index (χ4v) is 4.13. The lowest BCUT2D eigenvalue weighted by molar-refractivity contribution is -0.148. The molecule has 0 saturated heterocycles. The Kier molecular flexibility index (Phi) is 5.98. The molecule has 2 bridgehead atoms. The van der Waals surface area contributed by atoms with Crippen LogP contribution < -0.4 is 0 Å². The Labute approximate surface area is 163 Å². The molecule has 0 fully saturated rings. The van der Waals surface area contributed by atoms with E-state index >= 15 is 0 Å². The van der Waals surface area contributed by atoms with E-state index in [1.807, 2.05) is 56.3 Å². The molecule has 3 rings (SSSR count). The zero-order chi connectivity index (χ0) is 20.6.